The van der Waals surface area contributed by atoms with Gasteiger partial charge in [-0.15, -0.1) is 10.2 Å². The Morgan fingerprint density at radius 3 is 2.45 bits per heavy atom. The van der Waals surface area contributed by atoms with E-state index in [0.29, 0.717) is 28.4 Å². The number of aromatic amines is 1. The molecule has 0 aliphatic carbocycles. The van der Waals surface area contributed by atoms with E-state index in [1.54, 1.807) is 48.5 Å². The van der Waals surface area contributed by atoms with Crippen LogP contribution in [0.3, 0.4) is 0 Å². The molecule has 0 aliphatic heterocycles. The Hall–Kier alpha value is -3.17. The molecule has 0 bridgehead atoms. The summed E-state index contributed by atoms with van der Waals surface area (Å²) in [4.78, 5) is 39.3. The van der Waals surface area contributed by atoms with E-state index in [9.17, 15) is 14.4 Å². The van der Waals surface area contributed by atoms with Crippen LogP contribution in [0.5, 0.6) is 0 Å². The molecule has 3 N–H and O–H groups in total. The van der Waals surface area contributed by atoms with Crippen LogP contribution >= 0.6 is 23.4 Å². The van der Waals surface area contributed by atoms with Gasteiger partial charge in [0, 0.05) is 23.2 Å². The van der Waals surface area contributed by atoms with Crippen molar-refractivity contribution in [2.24, 2.45) is 0 Å². The van der Waals surface area contributed by atoms with E-state index >= 15 is 0 Å². The van der Waals surface area contributed by atoms with E-state index in [1.165, 1.54) is 6.92 Å². The number of nitrogens with one attached hydrogen (secondary N) is 3. The first-order chi connectivity index (χ1) is 14.9. The highest BCUT2D eigenvalue weighted by atomic mass is 35.5. The van der Waals surface area contributed by atoms with Gasteiger partial charge in [-0.05, 0) is 36.8 Å². The van der Waals surface area contributed by atoms with Crippen molar-refractivity contribution in [1.82, 2.24) is 15.2 Å². The first-order valence-corrected chi connectivity index (χ1v) is 10.7. The Morgan fingerprint density at radius 1 is 1.10 bits per heavy atom. The number of thioether (sulfide) groups is 1. The number of amides is 2. The monoisotopic (exact) mass is 457 g/mol. The molecule has 0 aliphatic rings. The van der Waals surface area contributed by atoms with Crippen molar-refractivity contribution < 1.29 is 9.59 Å². The van der Waals surface area contributed by atoms with Crippen LogP contribution in [0.15, 0.2) is 58.5 Å². The molecular formula is C21H20ClN5O3S. The minimum absolute atomic E-state index is 0.0763. The van der Waals surface area contributed by atoms with Gasteiger partial charge in [-0.2, -0.15) is 0 Å². The summed E-state index contributed by atoms with van der Waals surface area (Å²) in [5.41, 5.74) is 1.15. The standard InChI is InChI=1S/C21H20ClN5O3S/c1-3-17(19(29)24-14-10-8-13(22)9-11-14)31-21-25-20(30)18(26-27-21)15-6-4-5-7-16(15)23-12(2)28/h4-11,17H,3H2,1-2H3,(H,23,28)(H,24,29)(H,25,27,30). The third kappa shape index (κ3) is 5.93. The average molecular weight is 458 g/mol. The normalized spacial score (nSPS) is 11.6. The van der Waals surface area contributed by atoms with E-state index in [-0.39, 0.29) is 22.7 Å². The van der Waals surface area contributed by atoms with Crippen molar-refractivity contribution in [3.05, 3.63) is 63.9 Å². The van der Waals surface area contributed by atoms with Crippen molar-refractivity contribution in [2.75, 3.05) is 10.6 Å². The second-order valence-electron chi connectivity index (χ2n) is 6.55. The van der Waals surface area contributed by atoms with Crippen molar-refractivity contribution in [3.8, 4) is 11.3 Å². The topological polar surface area (TPSA) is 117 Å². The zero-order chi connectivity index (χ0) is 22.4. The fourth-order valence-electron chi connectivity index (χ4n) is 2.75. The van der Waals surface area contributed by atoms with E-state index in [2.05, 4.69) is 25.8 Å². The molecule has 0 radical (unpaired) electrons. The van der Waals surface area contributed by atoms with Gasteiger partial charge in [-0.25, -0.2) is 0 Å². The second-order valence-corrected chi connectivity index (χ2v) is 8.17. The molecule has 10 heteroatoms. The van der Waals surface area contributed by atoms with E-state index < -0.39 is 10.8 Å². The summed E-state index contributed by atoms with van der Waals surface area (Å²) in [5.74, 6) is -0.487. The predicted octanol–water partition coefficient (Wildman–Crippen LogP) is 3.95. The zero-order valence-electron chi connectivity index (χ0n) is 16.8. The Morgan fingerprint density at radius 2 is 1.81 bits per heavy atom. The molecule has 3 rings (SSSR count). The molecule has 1 heterocycles. The lowest BCUT2D eigenvalue weighted by Gasteiger charge is -2.14. The van der Waals surface area contributed by atoms with Crippen LogP contribution < -0.4 is 16.2 Å². The largest absolute Gasteiger partial charge is 0.326 e. The highest BCUT2D eigenvalue weighted by Gasteiger charge is 2.21. The van der Waals surface area contributed by atoms with Crippen LogP contribution in [0.25, 0.3) is 11.3 Å². The highest BCUT2D eigenvalue weighted by Crippen LogP contribution is 2.26. The van der Waals surface area contributed by atoms with Crippen LogP contribution in [0.4, 0.5) is 11.4 Å². The van der Waals surface area contributed by atoms with Gasteiger partial charge in [0.25, 0.3) is 5.56 Å². The number of anilines is 2. The molecule has 1 aromatic heterocycles. The smallest absolute Gasteiger partial charge is 0.278 e. The SMILES string of the molecule is CCC(Sc1nnc(-c2ccccc2NC(C)=O)c(=O)[nH]1)C(=O)Nc1ccc(Cl)cc1. The summed E-state index contributed by atoms with van der Waals surface area (Å²) in [6.45, 7) is 3.25. The molecule has 0 saturated carbocycles. The molecule has 160 valence electrons. The summed E-state index contributed by atoms with van der Waals surface area (Å²) in [6, 6.07) is 13.6. The van der Waals surface area contributed by atoms with Gasteiger partial charge in [0.2, 0.25) is 11.8 Å². The number of carbonyl (C=O) groups excluding carboxylic acids is 2. The van der Waals surface area contributed by atoms with Gasteiger partial charge >= 0.3 is 0 Å². The molecule has 1 atom stereocenters. The van der Waals surface area contributed by atoms with Gasteiger partial charge in [0.05, 0.1) is 10.9 Å². The average Bonchev–Trinajstić information content (AvgIpc) is 2.74. The number of nitrogens with zero attached hydrogens (tertiary/aromatic N) is 2. The molecule has 0 saturated heterocycles. The second kappa shape index (κ2) is 10.2. The maximum absolute atomic E-state index is 12.6. The van der Waals surface area contributed by atoms with Crippen LogP contribution in [0, 0.1) is 0 Å². The molecule has 8 nitrogen and oxygen atoms in total. The Kier molecular flexibility index (Phi) is 7.43. The number of hydrogen-bond donors (Lipinski definition) is 3. The van der Waals surface area contributed by atoms with Gasteiger partial charge in [-0.1, -0.05) is 48.5 Å². The third-order valence-corrected chi connectivity index (χ3v) is 5.69. The Bertz CT molecular complexity index is 1150. The minimum atomic E-state index is -0.488. The van der Waals surface area contributed by atoms with Crippen molar-refractivity contribution in [1.29, 1.82) is 0 Å². The van der Waals surface area contributed by atoms with Crippen molar-refractivity contribution in [2.45, 2.75) is 30.7 Å². The van der Waals surface area contributed by atoms with Gasteiger partial charge < -0.3 is 10.6 Å². The molecular weight excluding hydrogens is 438 g/mol. The van der Waals surface area contributed by atoms with Gasteiger partial charge in [0.1, 0.15) is 0 Å². The van der Waals surface area contributed by atoms with Crippen LogP contribution in [-0.4, -0.2) is 32.2 Å². The summed E-state index contributed by atoms with van der Waals surface area (Å²) in [6.07, 6.45) is 0.515. The maximum Gasteiger partial charge on any atom is 0.278 e. The zero-order valence-corrected chi connectivity index (χ0v) is 18.4. The number of benzene rings is 2. The first kappa shape index (κ1) is 22.5. The number of H-pyrrole nitrogens is 1. The summed E-state index contributed by atoms with van der Waals surface area (Å²) >= 11 is 6.98. The number of rotatable bonds is 7. The predicted molar refractivity (Wildman–Crippen MR) is 122 cm³/mol. The van der Waals surface area contributed by atoms with Crippen molar-refractivity contribution in [3.63, 3.8) is 0 Å². The molecule has 2 amide bonds. The van der Waals surface area contributed by atoms with Crippen molar-refractivity contribution >= 4 is 46.6 Å². The van der Waals surface area contributed by atoms with Gasteiger partial charge in [0.15, 0.2) is 10.9 Å². The fraction of sp³-hybridized carbons (Fsp3) is 0.190. The Balaban J connectivity index is 1.78. The molecule has 31 heavy (non-hydrogen) atoms. The number of aromatic nitrogens is 3. The summed E-state index contributed by atoms with van der Waals surface area (Å²) in [7, 11) is 0. The van der Waals surface area contributed by atoms with E-state index in [4.69, 9.17) is 11.6 Å². The summed E-state index contributed by atoms with van der Waals surface area (Å²) in [5, 5.41) is 13.9. The molecule has 0 spiro atoms. The molecule has 3 aromatic rings. The lowest BCUT2D eigenvalue weighted by Crippen LogP contribution is -2.25. The van der Waals surface area contributed by atoms with Gasteiger partial charge in [-0.3, -0.25) is 19.4 Å². The minimum Gasteiger partial charge on any atom is -0.326 e. The molecule has 2 aromatic carbocycles. The fourth-order valence-corrected chi connectivity index (χ4v) is 3.72. The molecule has 1 unspecified atom stereocenters. The van der Waals surface area contributed by atoms with Crippen LogP contribution in [0.2, 0.25) is 5.02 Å². The first-order valence-electron chi connectivity index (χ1n) is 9.44. The quantitative estimate of drug-likeness (QED) is 0.462. The van der Waals surface area contributed by atoms with E-state index in [1.807, 2.05) is 6.92 Å². The number of hydrogen-bond acceptors (Lipinski definition) is 6. The lowest BCUT2D eigenvalue weighted by molar-refractivity contribution is -0.116. The third-order valence-electron chi connectivity index (χ3n) is 4.20. The number of halogens is 1. The maximum atomic E-state index is 12.6. The summed E-state index contributed by atoms with van der Waals surface area (Å²) < 4.78 is 0. The van der Waals surface area contributed by atoms with E-state index in [0.717, 1.165) is 11.8 Å². The lowest BCUT2D eigenvalue weighted by atomic mass is 10.1. The number of para-hydroxylation sites is 1. The Labute approximate surface area is 187 Å². The molecule has 0 fully saturated rings. The van der Waals surface area contributed by atoms with Crippen LogP contribution in [0.1, 0.15) is 20.3 Å². The number of carbonyl (C=O) groups is 2. The van der Waals surface area contributed by atoms with Crippen LogP contribution in [-0.2, 0) is 9.59 Å². The highest BCUT2D eigenvalue weighted by molar-refractivity contribution is 8.00.